The van der Waals surface area contributed by atoms with Gasteiger partial charge in [0.1, 0.15) is 6.54 Å². The van der Waals surface area contributed by atoms with Gasteiger partial charge < -0.3 is 4.57 Å². The highest BCUT2D eigenvalue weighted by Crippen LogP contribution is 1.90. The van der Waals surface area contributed by atoms with Gasteiger partial charge in [0.05, 0.1) is 6.21 Å². The van der Waals surface area contributed by atoms with E-state index in [1.807, 2.05) is 0 Å². The Kier molecular flexibility index (Phi) is 4.17. The normalized spacial score (nSPS) is 10.5. The Bertz CT molecular complexity index is 634. The Morgan fingerprint density at radius 1 is 1.32 bits per heavy atom. The van der Waals surface area contributed by atoms with E-state index < -0.39 is 0 Å². The molecule has 0 saturated carbocycles. The van der Waals surface area contributed by atoms with Crippen LogP contribution in [0.25, 0.3) is 0 Å². The minimum atomic E-state index is -0.362. The molecule has 96 valence electrons. The third kappa shape index (κ3) is 3.88. The molecule has 2 aromatic rings. The number of pyridine rings is 2. The standard InChI is InChI=1S/C13H12N4O2/c18-12(10-17-8-2-1-3-13(17)19)16-15-9-11-4-6-14-7-5-11/h1-9H,10H2,(H,16,18)/b15-9-. The van der Waals surface area contributed by atoms with E-state index in [4.69, 9.17) is 0 Å². The van der Waals surface area contributed by atoms with Crippen LogP contribution in [0, 0.1) is 0 Å². The SMILES string of the molecule is O=C(Cn1ccccc1=O)N/N=C\c1ccncc1. The minimum absolute atomic E-state index is 0.0621. The fraction of sp³-hybridized carbons (Fsp3) is 0.0769. The molecule has 0 aliphatic heterocycles. The molecule has 0 saturated heterocycles. The molecular formula is C13H12N4O2. The summed E-state index contributed by atoms with van der Waals surface area (Å²) in [5.74, 6) is -0.362. The van der Waals surface area contributed by atoms with E-state index in [0.29, 0.717) is 0 Å². The van der Waals surface area contributed by atoms with Gasteiger partial charge in [0.25, 0.3) is 11.5 Å². The molecule has 2 rings (SSSR count). The van der Waals surface area contributed by atoms with Gasteiger partial charge in [-0.3, -0.25) is 14.6 Å². The number of hydrogen-bond acceptors (Lipinski definition) is 4. The molecule has 2 aromatic heterocycles. The number of hydrogen-bond donors (Lipinski definition) is 1. The van der Waals surface area contributed by atoms with Gasteiger partial charge in [-0.15, -0.1) is 0 Å². The van der Waals surface area contributed by atoms with Crippen LogP contribution in [-0.2, 0) is 11.3 Å². The molecule has 6 heteroatoms. The zero-order chi connectivity index (χ0) is 13.5. The van der Waals surface area contributed by atoms with E-state index in [-0.39, 0.29) is 18.0 Å². The molecule has 0 radical (unpaired) electrons. The van der Waals surface area contributed by atoms with E-state index in [1.54, 1.807) is 42.9 Å². The number of carbonyl (C=O) groups excluding carboxylic acids is 1. The number of rotatable bonds is 4. The molecule has 0 aromatic carbocycles. The third-order valence-corrected chi connectivity index (χ3v) is 2.32. The Morgan fingerprint density at radius 3 is 2.84 bits per heavy atom. The first-order chi connectivity index (χ1) is 9.25. The average Bonchev–Trinajstić information content (AvgIpc) is 2.43. The average molecular weight is 256 g/mol. The molecule has 0 aliphatic rings. The van der Waals surface area contributed by atoms with Crippen molar-refractivity contribution in [2.45, 2.75) is 6.54 Å². The number of nitrogens with zero attached hydrogens (tertiary/aromatic N) is 3. The topological polar surface area (TPSA) is 76.3 Å². The van der Waals surface area contributed by atoms with Crippen molar-refractivity contribution in [2.24, 2.45) is 5.10 Å². The summed E-state index contributed by atoms with van der Waals surface area (Å²) in [5.41, 5.74) is 2.96. The Morgan fingerprint density at radius 2 is 2.11 bits per heavy atom. The second-order valence-corrected chi connectivity index (χ2v) is 3.74. The van der Waals surface area contributed by atoms with Crippen molar-refractivity contribution in [1.29, 1.82) is 0 Å². The first-order valence-corrected chi connectivity index (χ1v) is 5.63. The smallest absolute Gasteiger partial charge is 0.260 e. The Labute approximate surface area is 109 Å². The zero-order valence-electron chi connectivity index (χ0n) is 10.1. The molecule has 6 nitrogen and oxygen atoms in total. The van der Waals surface area contributed by atoms with Gasteiger partial charge in [-0.2, -0.15) is 5.10 Å². The van der Waals surface area contributed by atoms with Crippen molar-refractivity contribution in [3.8, 4) is 0 Å². The molecule has 0 unspecified atom stereocenters. The van der Waals surface area contributed by atoms with Gasteiger partial charge in [-0.25, -0.2) is 5.43 Å². The second kappa shape index (κ2) is 6.25. The van der Waals surface area contributed by atoms with Crippen LogP contribution in [0.1, 0.15) is 5.56 Å². The summed E-state index contributed by atoms with van der Waals surface area (Å²) >= 11 is 0. The van der Waals surface area contributed by atoms with E-state index in [9.17, 15) is 9.59 Å². The summed E-state index contributed by atoms with van der Waals surface area (Å²) in [7, 11) is 0. The van der Waals surface area contributed by atoms with Crippen molar-refractivity contribution >= 4 is 12.1 Å². The van der Waals surface area contributed by atoms with Crippen LogP contribution in [0.2, 0.25) is 0 Å². The lowest BCUT2D eigenvalue weighted by atomic mass is 10.3. The second-order valence-electron chi connectivity index (χ2n) is 3.74. The number of aromatic nitrogens is 2. The highest BCUT2D eigenvalue weighted by molar-refractivity contribution is 5.82. The fourth-order valence-corrected chi connectivity index (χ4v) is 1.41. The van der Waals surface area contributed by atoms with Crippen molar-refractivity contribution < 1.29 is 4.79 Å². The highest BCUT2D eigenvalue weighted by atomic mass is 16.2. The van der Waals surface area contributed by atoms with Crippen LogP contribution < -0.4 is 11.0 Å². The maximum absolute atomic E-state index is 11.6. The van der Waals surface area contributed by atoms with E-state index in [2.05, 4.69) is 15.5 Å². The van der Waals surface area contributed by atoms with Gasteiger partial charge in [-0.05, 0) is 23.8 Å². The molecule has 0 aliphatic carbocycles. The first-order valence-electron chi connectivity index (χ1n) is 5.63. The molecule has 0 fully saturated rings. The number of carbonyl (C=O) groups is 1. The molecule has 0 bridgehead atoms. The fourth-order valence-electron chi connectivity index (χ4n) is 1.41. The number of nitrogens with one attached hydrogen (secondary N) is 1. The minimum Gasteiger partial charge on any atom is -0.306 e. The van der Waals surface area contributed by atoms with E-state index in [1.165, 1.54) is 16.8 Å². The lowest BCUT2D eigenvalue weighted by Gasteiger charge is -2.02. The van der Waals surface area contributed by atoms with Crippen LogP contribution in [0.5, 0.6) is 0 Å². The monoisotopic (exact) mass is 256 g/mol. The maximum atomic E-state index is 11.6. The largest absolute Gasteiger partial charge is 0.306 e. The quantitative estimate of drug-likeness (QED) is 0.635. The highest BCUT2D eigenvalue weighted by Gasteiger charge is 2.01. The molecule has 1 amide bonds. The summed E-state index contributed by atoms with van der Waals surface area (Å²) in [4.78, 5) is 26.8. The van der Waals surface area contributed by atoms with Crippen LogP contribution >= 0.6 is 0 Å². The summed E-state index contributed by atoms with van der Waals surface area (Å²) in [6.07, 6.45) is 6.32. The van der Waals surface area contributed by atoms with Crippen molar-refractivity contribution in [3.63, 3.8) is 0 Å². The van der Waals surface area contributed by atoms with E-state index in [0.717, 1.165) is 5.56 Å². The molecular weight excluding hydrogens is 244 g/mol. The predicted octanol–water partition coefficient (Wildman–Crippen LogP) is 0.394. The van der Waals surface area contributed by atoms with Gasteiger partial charge in [0.2, 0.25) is 0 Å². The number of hydrazone groups is 1. The van der Waals surface area contributed by atoms with Gasteiger partial charge in [0, 0.05) is 24.7 Å². The lowest BCUT2D eigenvalue weighted by molar-refractivity contribution is -0.121. The van der Waals surface area contributed by atoms with Crippen LogP contribution in [-0.4, -0.2) is 21.7 Å². The summed E-state index contributed by atoms with van der Waals surface area (Å²) < 4.78 is 1.30. The summed E-state index contributed by atoms with van der Waals surface area (Å²) in [5, 5.41) is 3.80. The maximum Gasteiger partial charge on any atom is 0.260 e. The molecule has 2 heterocycles. The van der Waals surface area contributed by atoms with Crippen molar-refractivity contribution in [3.05, 3.63) is 64.8 Å². The van der Waals surface area contributed by atoms with E-state index >= 15 is 0 Å². The van der Waals surface area contributed by atoms with Crippen LogP contribution in [0.3, 0.4) is 0 Å². The molecule has 0 atom stereocenters. The summed E-state index contributed by atoms with van der Waals surface area (Å²) in [6.45, 7) is -0.0621. The molecule has 0 spiro atoms. The summed E-state index contributed by atoms with van der Waals surface area (Å²) in [6, 6.07) is 8.23. The van der Waals surface area contributed by atoms with Gasteiger partial charge >= 0.3 is 0 Å². The molecule has 1 N–H and O–H groups in total. The van der Waals surface area contributed by atoms with Gasteiger partial charge in [0.15, 0.2) is 0 Å². The Balaban J connectivity index is 1.91. The zero-order valence-corrected chi connectivity index (χ0v) is 10.1. The lowest BCUT2D eigenvalue weighted by Crippen LogP contribution is -2.28. The van der Waals surface area contributed by atoms with Crippen LogP contribution in [0.15, 0.2) is 58.8 Å². The molecule has 19 heavy (non-hydrogen) atoms. The first kappa shape index (κ1) is 12.7. The van der Waals surface area contributed by atoms with Gasteiger partial charge in [-0.1, -0.05) is 6.07 Å². The van der Waals surface area contributed by atoms with Crippen molar-refractivity contribution in [2.75, 3.05) is 0 Å². The Hall–Kier alpha value is -2.76. The third-order valence-electron chi connectivity index (χ3n) is 2.32. The van der Waals surface area contributed by atoms with Crippen molar-refractivity contribution in [1.82, 2.24) is 15.0 Å². The number of amides is 1. The predicted molar refractivity (Wildman–Crippen MR) is 70.7 cm³/mol. The van der Waals surface area contributed by atoms with Crippen LogP contribution in [0.4, 0.5) is 0 Å².